The second-order valence-corrected chi connectivity index (χ2v) is 6.07. The van der Waals surface area contributed by atoms with E-state index in [0.717, 1.165) is 32.7 Å². The third-order valence-electron chi connectivity index (χ3n) is 4.73. The lowest BCUT2D eigenvalue weighted by Crippen LogP contribution is -2.67. The van der Waals surface area contributed by atoms with Crippen molar-refractivity contribution in [3.63, 3.8) is 0 Å². The average Bonchev–Trinajstić information content (AvgIpc) is 3.04. The molecule has 0 aliphatic carbocycles. The van der Waals surface area contributed by atoms with Gasteiger partial charge in [-0.25, -0.2) is 4.68 Å². The van der Waals surface area contributed by atoms with Gasteiger partial charge in [0.1, 0.15) is 0 Å². The molecule has 22 heavy (non-hydrogen) atoms. The second-order valence-electron chi connectivity index (χ2n) is 6.07. The Hall–Kier alpha value is -1.76. The molecular formula is C16H21N5O. The minimum absolute atomic E-state index is 0.116. The van der Waals surface area contributed by atoms with Crippen LogP contribution in [-0.2, 0) is 16.9 Å². The number of benzene rings is 1. The van der Waals surface area contributed by atoms with E-state index < -0.39 is 0 Å². The fourth-order valence-electron chi connectivity index (χ4n) is 3.34. The number of ether oxygens (including phenoxy) is 1. The molecule has 0 radical (unpaired) electrons. The highest BCUT2D eigenvalue weighted by Crippen LogP contribution is 2.30. The van der Waals surface area contributed by atoms with E-state index in [0.29, 0.717) is 13.2 Å². The zero-order valence-electron chi connectivity index (χ0n) is 12.6. The second kappa shape index (κ2) is 5.79. The van der Waals surface area contributed by atoms with Gasteiger partial charge in [-0.2, -0.15) is 0 Å². The van der Waals surface area contributed by atoms with Gasteiger partial charge in [-0.1, -0.05) is 35.5 Å². The van der Waals surface area contributed by atoms with Gasteiger partial charge in [0.25, 0.3) is 0 Å². The Morgan fingerprint density at radius 3 is 2.41 bits per heavy atom. The summed E-state index contributed by atoms with van der Waals surface area (Å²) in [6.45, 7) is 6.66. The first-order valence-corrected chi connectivity index (χ1v) is 7.83. The average molecular weight is 299 g/mol. The maximum atomic E-state index is 5.49. The van der Waals surface area contributed by atoms with Crippen LogP contribution in [-0.4, -0.2) is 64.2 Å². The maximum absolute atomic E-state index is 5.49. The van der Waals surface area contributed by atoms with Crippen LogP contribution in [0.15, 0.2) is 42.7 Å². The topological polar surface area (TPSA) is 46.4 Å². The standard InChI is InChI=1S/C16H21N5O/c1-2-4-15(5-3-1)12-19-8-10-20(11-9-19)16(13-22-14-16)21-7-6-17-18-21/h1-7H,8-14H2. The molecule has 0 unspecified atom stereocenters. The van der Waals surface area contributed by atoms with E-state index in [-0.39, 0.29) is 5.66 Å². The third-order valence-corrected chi connectivity index (χ3v) is 4.73. The minimum atomic E-state index is -0.116. The zero-order chi connectivity index (χ0) is 14.8. The van der Waals surface area contributed by atoms with Crippen molar-refractivity contribution in [2.45, 2.75) is 12.2 Å². The van der Waals surface area contributed by atoms with E-state index in [9.17, 15) is 0 Å². The van der Waals surface area contributed by atoms with Crippen molar-refractivity contribution in [1.82, 2.24) is 24.8 Å². The van der Waals surface area contributed by atoms with Crippen molar-refractivity contribution < 1.29 is 4.74 Å². The Morgan fingerprint density at radius 2 is 1.82 bits per heavy atom. The summed E-state index contributed by atoms with van der Waals surface area (Å²) in [5.41, 5.74) is 1.27. The van der Waals surface area contributed by atoms with Crippen molar-refractivity contribution in [2.24, 2.45) is 0 Å². The molecule has 3 heterocycles. The smallest absolute Gasteiger partial charge is 0.163 e. The first-order valence-electron chi connectivity index (χ1n) is 7.83. The number of hydrogen-bond acceptors (Lipinski definition) is 5. The quantitative estimate of drug-likeness (QED) is 0.835. The monoisotopic (exact) mass is 299 g/mol. The van der Waals surface area contributed by atoms with Gasteiger partial charge < -0.3 is 4.74 Å². The molecule has 6 heteroatoms. The third kappa shape index (κ3) is 2.43. The predicted octanol–water partition coefficient (Wildman–Crippen LogP) is 0.779. The van der Waals surface area contributed by atoms with E-state index in [1.54, 1.807) is 6.20 Å². The van der Waals surface area contributed by atoms with Crippen LogP contribution in [0.4, 0.5) is 0 Å². The molecular weight excluding hydrogens is 278 g/mol. The molecule has 0 amide bonds. The lowest BCUT2D eigenvalue weighted by molar-refractivity contribution is -0.203. The number of nitrogens with zero attached hydrogens (tertiary/aromatic N) is 5. The van der Waals surface area contributed by atoms with E-state index in [1.165, 1.54) is 5.56 Å². The normalized spacial score (nSPS) is 22.4. The van der Waals surface area contributed by atoms with Crippen LogP contribution in [0.5, 0.6) is 0 Å². The van der Waals surface area contributed by atoms with Crippen LogP contribution >= 0.6 is 0 Å². The van der Waals surface area contributed by atoms with Gasteiger partial charge in [-0.05, 0) is 5.56 Å². The molecule has 0 spiro atoms. The van der Waals surface area contributed by atoms with Crippen molar-refractivity contribution in [3.05, 3.63) is 48.3 Å². The first kappa shape index (κ1) is 13.9. The minimum Gasteiger partial charge on any atom is -0.373 e. The highest BCUT2D eigenvalue weighted by molar-refractivity contribution is 5.14. The molecule has 2 saturated heterocycles. The molecule has 6 nitrogen and oxygen atoms in total. The van der Waals surface area contributed by atoms with Crippen LogP contribution in [0.1, 0.15) is 5.56 Å². The summed E-state index contributed by atoms with van der Waals surface area (Å²) >= 11 is 0. The van der Waals surface area contributed by atoms with Crippen molar-refractivity contribution in [1.29, 1.82) is 0 Å². The van der Waals surface area contributed by atoms with Gasteiger partial charge in [0, 0.05) is 38.9 Å². The Balaban J connectivity index is 1.39. The molecule has 0 saturated carbocycles. The van der Waals surface area contributed by atoms with Crippen molar-refractivity contribution in [3.8, 4) is 0 Å². The predicted molar refractivity (Wildman–Crippen MR) is 82.1 cm³/mol. The highest BCUT2D eigenvalue weighted by atomic mass is 16.5. The fraction of sp³-hybridized carbons (Fsp3) is 0.500. The molecule has 0 N–H and O–H groups in total. The molecule has 1 aromatic carbocycles. The number of piperazine rings is 1. The Kier molecular flexibility index (Phi) is 3.65. The summed E-state index contributed by atoms with van der Waals surface area (Å²) in [6.07, 6.45) is 3.69. The first-order chi connectivity index (χ1) is 10.9. The summed E-state index contributed by atoms with van der Waals surface area (Å²) in [5.74, 6) is 0. The molecule has 2 fully saturated rings. The van der Waals surface area contributed by atoms with Gasteiger partial charge in [0.15, 0.2) is 5.66 Å². The van der Waals surface area contributed by atoms with Gasteiger partial charge in [-0.15, -0.1) is 5.10 Å². The van der Waals surface area contributed by atoms with E-state index in [4.69, 9.17) is 4.74 Å². The lowest BCUT2D eigenvalue weighted by Gasteiger charge is -2.51. The summed E-state index contributed by atoms with van der Waals surface area (Å²) in [7, 11) is 0. The molecule has 4 rings (SSSR count). The summed E-state index contributed by atoms with van der Waals surface area (Å²) in [6, 6.07) is 10.7. The van der Waals surface area contributed by atoms with Crippen molar-refractivity contribution in [2.75, 3.05) is 39.4 Å². The molecule has 2 aromatic rings. The van der Waals surface area contributed by atoms with Gasteiger partial charge in [0.2, 0.25) is 0 Å². The molecule has 2 aliphatic rings. The lowest BCUT2D eigenvalue weighted by atomic mass is 10.0. The Morgan fingerprint density at radius 1 is 1.05 bits per heavy atom. The van der Waals surface area contributed by atoms with Crippen molar-refractivity contribution >= 4 is 0 Å². The van der Waals surface area contributed by atoms with Crippen LogP contribution in [0.2, 0.25) is 0 Å². The van der Waals surface area contributed by atoms with Crippen LogP contribution in [0.3, 0.4) is 0 Å². The number of hydrogen-bond donors (Lipinski definition) is 0. The summed E-state index contributed by atoms with van der Waals surface area (Å²) in [4.78, 5) is 5.01. The highest BCUT2D eigenvalue weighted by Gasteiger charge is 2.47. The molecule has 116 valence electrons. The van der Waals surface area contributed by atoms with E-state index in [1.807, 2.05) is 10.9 Å². The zero-order valence-corrected chi connectivity index (χ0v) is 12.6. The van der Waals surface area contributed by atoms with Gasteiger partial charge in [-0.3, -0.25) is 9.80 Å². The molecule has 0 atom stereocenters. The largest absolute Gasteiger partial charge is 0.373 e. The summed E-state index contributed by atoms with van der Waals surface area (Å²) < 4.78 is 7.46. The number of rotatable bonds is 4. The van der Waals surface area contributed by atoms with Crippen LogP contribution in [0.25, 0.3) is 0 Å². The number of aromatic nitrogens is 3. The maximum Gasteiger partial charge on any atom is 0.163 e. The van der Waals surface area contributed by atoms with Gasteiger partial charge >= 0.3 is 0 Å². The molecule has 1 aromatic heterocycles. The van der Waals surface area contributed by atoms with Crippen LogP contribution < -0.4 is 0 Å². The Bertz CT molecular complexity index is 588. The van der Waals surface area contributed by atoms with E-state index in [2.05, 4.69) is 50.4 Å². The fourth-order valence-corrected chi connectivity index (χ4v) is 3.34. The SMILES string of the molecule is c1ccc(CN2CCN(C3(n4ccnn4)COC3)CC2)cc1. The molecule has 0 bridgehead atoms. The molecule has 2 aliphatic heterocycles. The van der Waals surface area contributed by atoms with E-state index >= 15 is 0 Å². The van der Waals surface area contributed by atoms with Gasteiger partial charge in [0.05, 0.1) is 19.4 Å². The summed E-state index contributed by atoms with van der Waals surface area (Å²) in [5, 5.41) is 8.16. The van der Waals surface area contributed by atoms with Crippen LogP contribution in [0, 0.1) is 0 Å². The Labute approximate surface area is 130 Å².